The molecule has 158 valence electrons. The Balaban J connectivity index is 1.58. The highest BCUT2D eigenvalue weighted by Crippen LogP contribution is 2.29. The maximum atomic E-state index is 12.5. The lowest BCUT2D eigenvalue weighted by atomic mass is 10.2. The maximum absolute atomic E-state index is 12.5. The maximum Gasteiger partial charge on any atom is 0.341 e. The molecular weight excluding hydrogens is 420 g/mol. The van der Waals surface area contributed by atoms with E-state index in [1.54, 1.807) is 13.0 Å². The van der Waals surface area contributed by atoms with Crippen LogP contribution in [0.4, 0.5) is 5.00 Å². The van der Waals surface area contributed by atoms with Crippen molar-refractivity contribution in [2.45, 2.75) is 40.2 Å². The second kappa shape index (κ2) is 10.4. The van der Waals surface area contributed by atoms with Crippen LogP contribution in [0.15, 0.2) is 35.7 Å². The van der Waals surface area contributed by atoms with E-state index >= 15 is 0 Å². The molecule has 30 heavy (non-hydrogen) atoms. The van der Waals surface area contributed by atoms with Crippen molar-refractivity contribution in [2.24, 2.45) is 0 Å². The van der Waals surface area contributed by atoms with Gasteiger partial charge in [0.25, 0.3) is 0 Å². The minimum Gasteiger partial charge on any atom is -0.486 e. The number of hydrogen-bond donors (Lipinski definition) is 1. The number of nitrogens with one attached hydrogen (secondary N) is 1. The molecule has 0 bridgehead atoms. The molecule has 1 N–H and O–H groups in total. The van der Waals surface area contributed by atoms with E-state index in [4.69, 9.17) is 9.47 Å². The molecule has 2 heterocycles. The van der Waals surface area contributed by atoms with Gasteiger partial charge in [0.1, 0.15) is 22.4 Å². The molecular formula is C22H24N2O4S2. The molecule has 2 aromatic heterocycles. The minimum atomic E-state index is -0.423. The molecule has 1 aromatic carbocycles. The molecule has 1 amide bonds. The van der Waals surface area contributed by atoms with Crippen LogP contribution in [-0.2, 0) is 29.0 Å². The molecule has 3 rings (SSSR count). The number of thiazole rings is 1. The summed E-state index contributed by atoms with van der Waals surface area (Å²) in [5, 5.41) is 6.01. The van der Waals surface area contributed by atoms with Crippen LogP contribution < -0.4 is 10.1 Å². The van der Waals surface area contributed by atoms with Gasteiger partial charge in [-0.3, -0.25) is 4.79 Å². The van der Waals surface area contributed by atoms with Crippen LogP contribution in [0.2, 0.25) is 0 Å². The van der Waals surface area contributed by atoms with E-state index in [2.05, 4.69) is 10.3 Å². The predicted octanol–water partition coefficient (Wildman–Crippen LogP) is 5.01. The van der Waals surface area contributed by atoms with E-state index in [9.17, 15) is 9.59 Å². The highest BCUT2D eigenvalue weighted by Gasteiger charge is 2.19. The molecule has 0 fully saturated rings. The van der Waals surface area contributed by atoms with Crippen LogP contribution >= 0.6 is 22.7 Å². The molecule has 0 saturated heterocycles. The van der Waals surface area contributed by atoms with Gasteiger partial charge >= 0.3 is 5.97 Å². The Morgan fingerprint density at radius 3 is 2.63 bits per heavy atom. The molecule has 0 aliphatic rings. The third-order valence-corrected chi connectivity index (χ3v) is 6.27. The smallest absolute Gasteiger partial charge is 0.341 e. The van der Waals surface area contributed by atoms with Gasteiger partial charge in [-0.15, -0.1) is 22.7 Å². The number of carbonyl (C=O) groups excluding carboxylic acids is 2. The number of rotatable bonds is 9. The van der Waals surface area contributed by atoms with Crippen LogP contribution in [0.3, 0.4) is 0 Å². The number of amides is 1. The van der Waals surface area contributed by atoms with Gasteiger partial charge in [0.05, 0.1) is 24.3 Å². The van der Waals surface area contributed by atoms with E-state index in [0.29, 0.717) is 22.9 Å². The summed E-state index contributed by atoms with van der Waals surface area (Å²) >= 11 is 2.85. The quantitative estimate of drug-likeness (QED) is 0.469. The molecule has 0 unspecified atom stereocenters. The molecule has 3 aromatic rings. The summed E-state index contributed by atoms with van der Waals surface area (Å²) in [6, 6.07) is 9.60. The van der Waals surface area contributed by atoms with Crippen LogP contribution in [-0.4, -0.2) is 23.5 Å². The van der Waals surface area contributed by atoms with E-state index in [1.807, 2.05) is 43.5 Å². The highest BCUT2D eigenvalue weighted by atomic mass is 32.1. The van der Waals surface area contributed by atoms with E-state index < -0.39 is 5.97 Å². The lowest BCUT2D eigenvalue weighted by Gasteiger charge is -2.05. The molecule has 6 nitrogen and oxygen atoms in total. The molecule has 0 saturated carbocycles. The summed E-state index contributed by atoms with van der Waals surface area (Å²) in [5.41, 5.74) is 2.25. The summed E-state index contributed by atoms with van der Waals surface area (Å²) < 4.78 is 10.8. The van der Waals surface area contributed by atoms with Crippen molar-refractivity contribution in [2.75, 3.05) is 11.9 Å². The van der Waals surface area contributed by atoms with E-state index in [-0.39, 0.29) is 18.9 Å². The molecule has 0 aliphatic heterocycles. The van der Waals surface area contributed by atoms with E-state index in [0.717, 1.165) is 22.1 Å². The highest BCUT2D eigenvalue weighted by molar-refractivity contribution is 7.16. The average Bonchev–Trinajstić information content (AvgIpc) is 3.34. The SMILES string of the molecule is CCOC(=O)c1cc(CC)sc1NC(=O)Cc1csc(COc2ccc(C)cc2)n1. The van der Waals surface area contributed by atoms with Crippen LogP contribution in [0.5, 0.6) is 5.75 Å². The second-order valence-electron chi connectivity index (χ2n) is 6.59. The average molecular weight is 445 g/mol. The Hall–Kier alpha value is -2.71. The van der Waals surface area contributed by atoms with Crippen LogP contribution in [0, 0.1) is 6.92 Å². The lowest BCUT2D eigenvalue weighted by molar-refractivity contribution is -0.115. The number of benzene rings is 1. The normalized spacial score (nSPS) is 10.6. The Morgan fingerprint density at radius 2 is 1.93 bits per heavy atom. The number of nitrogens with zero attached hydrogens (tertiary/aromatic N) is 1. The van der Waals surface area contributed by atoms with Crippen molar-refractivity contribution in [3.8, 4) is 5.75 Å². The monoisotopic (exact) mass is 444 g/mol. The second-order valence-corrected chi connectivity index (χ2v) is 8.67. The summed E-state index contributed by atoms with van der Waals surface area (Å²) in [4.78, 5) is 30.2. The minimum absolute atomic E-state index is 0.128. The van der Waals surface area contributed by atoms with Gasteiger partial charge in [-0.25, -0.2) is 9.78 Å². The number of thiophene rings is 1. The number of ether oxygens (including phenoxy) is 2. The zero-order chi connectivity index (χ0) is 21.5. The summed E-state index contributed by atoms with van der Waals surface area (Å²) in [6.07, 6.45) is 0.909. The standard InChI is InChI=1S/C22H24N2O4S2/c1-4-17-11-18(22(26)27-5-2)21(30-17)24-19(25)10-15-13-29-20(23-15)12-28-16-8-6-14(3)7-9-16/h6-9,11,13H,4-5,10,12H2,1-3H3,(H,24,25). The number of anilines is 1. The predicted molar refractivity (Wildman–Crippen MR) is 120 cm³/mol. The zero-order valence-corrected chi connectivity index (χ0v) is 18.8. The molecule has 0 atom stereocenters. The largest absolute Gasteiger partial charge is 0.486 e. The Kier molecular flexibility index (Phi) is 7.59. The van der Waals surface area contributed by atoms with Crippen molar-refractivity contribution < 1.29 is 19.1 Å². The fourth-order valence-corrected chi connectivity index (χ4v) is 4.39. The van der Waals surface area contributed by atoms with Gasteiger partial charge in [0, 0.05) is 10.3 Å². The summed E-state index contributed by atoms with van der Waals surface area (Å²) in [5.74, 6) is 0.139. The Labute approximate surface area is 183 Å². The first-order valence-corrected chi connectivity index (χ1v) is 11.4. The molecule has 0 radical (unpaired) electrons. The Morgan fingerprint density at radius 1 is 1.17 bits per heavy atom. The van der Waals surface area contributed by atoms with Gasteiger partial charge < -0.3 is 14.8 Å². The number of carbonyl (C=O) groups is 2. The van der Waals surface area contributed by atoms with Gasteiger partial charge in [-0.1, -0.05) is 24.6 Å². The number of esters is 1. The summed E-state index contributed by atoms with van der Waals surface area (Å²) in [7, 11) is 0. The van der Waals surface area contributed by atoms with Crippen LogP contribution in [0.1, 0.15) is 45.3 Å². The number of aryl methyl sites for hydroxylation is 2. The number of hydrogen-bond acceptors (Lipinski definition) is 7. The first-order chi connectivity index (χ1) is 14.5. The molecule has 0 spiro atoms. The third kappa shape index (κ3) is 5.90. The Bertz CT molecular complexity index is 1010. The van der Waals surface area contributed by atoms with Crippen molar-refractivity contribution in [3.63, 3.8) is 0 Å². The van der Waals surface area contributed by atoms with Crippen molar-refractivity contribution >= 4 is 39.6 Å². The van der Waals surface area contributed by atoms with Gasteiger partial charge in [0.15, 0.2) is 0 Å². The van der Waals surface area contributed by atoms with E-state index in [1.165, 1.54) is 28.2 Å². The molecule has 0 aliphatic carbocycles. The van der Waals surface area contributed by atoms with Crippen molar-refractivity contribution in [1.82, 2.24) is 4.98 Å². The number of aromatic nitrogens is 1. The fourth-order valence-electron chi connectivity index (χ4n) is 2.68. The van der Waals surface area contributed by atoms with Gasteiger partial charge in [0.2, 0.25) is 5.91 Å². The lowest BCUT2D eigenvalue weighted by Crippen LogP contribution is -2.16. The van der Waals surface area contributed by atoms with Crippen molar-refractivity contribution in [1.29, 1.82) is 0 Å². The van der Waals surface area contributed by atoms with Crippen molar-refractivity contribution in [3.05, 3.63) is 62.4 Å². The van der Waals surface area contributed by atoms with Gasteiger partial charge in [-0.2, -0.15) is 0 Å². The van der Waals surface area contributed by atoms with Gasteiger partial charge in [-0.05, 0) is 38.5 Å². The molecule has 8 heteroatoms. The zero-order valence-electron chi connectivity index (χ0n) is 17.2. The fraction of sp³-hybridized carbons (Fsp3) is 0.318. The topological polar surface area (TPSA) is 77.5 Å². The third-order valence-electron chi connectivity index (χ3n) is 4.20. The first kappa shape index (κ1) is 22.0. The van der Waals surface area contributed by atoms with Crippen LogP contribution in [0.25, 0.3) is 0 Å². The first-order valence-electron chi connectivity index (χ1n) is 9.70. The summed E-state index contributed by atoms with van der Waals surface area (Å²) in [6.45, 7) is 6.42.